The van der Waals surface area contributed by atoms with Crippen LogP contribution in [0.2, 0.25) is 20.1 Å². The van der Waals surface area contributed by atoms with Gasteiger partial charge in [-0.3, -0.25) is 4.79 Å². The molecule has 4 rings (SSSR count). The zero-order valence-corrected chi connectivity index (χ0v) is 20.6. The van der Waals surface area contributed by atoms with Crippen molar-refractivity contribution < 1.29 is 14.3 Å². The van der Waals surface area contributed by atoms with Gasteiger partial charge in [0.05, 0.1) is 37.5 Å². The van der Waals surface area contributed by atoms with Crippen molar-refractivity contribution in [3.63, 3.8) is 0 Å². The molecule has 1 atom stereocenters. The zero-order chi connectivity index (χ0) is 24.4. The Labute approximate surface area is 215 Å². The number of ether oxygens (including phenoxy) is 1. The maximum Gasteiger partial charge on any atom is 0.339 e. The molecule has 0 radical (unpaired) electrons. The smallest absolute Gasteiger partial charge is 0.339 e. The standard InChI is InChI=1S/C25H16Cl4N2O3/c1-13(24(32)31-23-12-19(28)18(27)11-20(23)29)34-25(33)17-10-22(14-6-8-15(26)9-7-14)30-21-5-3-2-4-16(17)21/h2-13H,1H3,(H,31,32). The Morgan fingerprint density at radius 3 is 2.29 bits per heavy atom. The molecule has 34 heavy (non-hydrogen) atoms. The van der Waals surface area contributed by atoms with Gasteiger partial charge in [-0.05, 0) is 43.3 Å². The van der Waals surface area contributed by atoms with E-state index in [1.165, 1.54) is 19.1 Å². The number of fused-ring (bicyclic) bond motifs is 1. The molecule has 3 aromatic carbocycles. The summed E-state index contributed by atoms with van der Waals surface area (Å²) in [6.07, 6.45) is -1.12. The second-order valence-corrected chi connectivity index (χ2v) is 9.02. The number of benzene rings is 3. The second-order valence-electron chi connectivity index (χ2n) is 7.36. The lowest BCUT2D eigenvalue weighted by molar-refractivity contribution is -0.123. The maximum atomic E-state index is 13.1. The summed E-state index contributed by atoms with van der Waals surface area (Å²) in [6.45, 7) is 1.46. The molecule has 0 bridgehead atoms. The molecular formula is C25H16Cl4N2O3. The van der Waals surface area contributed by atoms with E-state index in [1.54, 1.807) is 36.4 Å². The molecule has 0 saturated heterocycles. The van der Waals surface area contributed by atoms with E-state index in [9.17, 15) is 9.59 Å². The first-order valence-electron chi connectivity index (χ1n) is 10.0. The van der Waals surface area contributed by atoms with Gasteiger partial charge in [0, 0.05) is 16.0 Å². The Morgan fingerprint density at radius 1 is 0.882 bits per heavy atom. The van der Waals surface area contributed by atoms with Crippen LogP contribution in [0.5, 0.6) is 0 Å². The number of carbonyl (C=O) groups is 2. The zero-order valence-electron chi connectivity index (χ0n) is 17.6. The molecule has 1 heterocycles. The highest BCUT2D eigenvalue weighted by atomic mass is 35.5. The number of aromatic nitrogens is 1. The van der Waals surface area contributed by atoms with Gasteiger partial charge < -0.3 is 10.1 Å². The van der Waals surface area contributed by atoms with E-state index in [-0.39, 0.29) is 26.3 Å². The SMILES string of the molecule is CC(OC(=O)c1cc(-c2ccc(Cl)cc2)nc2ccccc12)C(=O)Nc1cc(Cl)c(Cl)cc1Cl. The lowest BCUT2D eigenvalue weighted by atomic mass is 10.0. The van der Waals surface area contributed by atoms with Crippen LogP contribution in [0.1, 0.15) is 17.3 Å². The van der Waals surface area contributed by atoms with E-state index < -0.39 is 18.0 Å². The van der Waals surface area contributed by atoms with Crippen LogP contribution in [-0.4, -0.2) is 23.0 Å². The Bertz CT molecular complexity index is 1410. The number of para-hydroxylation sites is 1. The van der Waals surface area contributed by atoms with Crippen molar-refractivity contribution in [2.24, 2.45) is 0 Å². The maximum absolute atomic E-state index is 13.1. The summed E-state index contributed by atoms with van der Waals surface area (Å²) in [5.74, 6) is -1.25. The summed E-state index contributed by atoms with van der Waals surface area (Å²) < 4.78 is 5.48. The molecule has 172 valence electrons. The van der Waals surface area contributed by atoms with E-state index in [0.29, 0.717) is 21.6 Å². The van der Waals surface area contributed by atoms with Crippen LogP contribution in [0.4, 0.5) is 5.69 Å². The Balaban J connectivity index is 1.60. The van der Waals surface area contributed by atoms with Crippen molar-refractivity contribution in [2.75, 3.05) is 5.32 Å². The van der Waals surface area contributed by atoms with Gasteiger partial charge in [-0.15, -0.1) is 0 Å². The molecule has 1 aromatic heterocycles. The average molecular weight is 534 g/mol. The molecule has 1 amide bonds. The lowest BCUT2D eigenvalue weighted by Crippen LogP contribution is -2.30. The van der Waals surface area contributed by atoms with Crippen LogP contribution in [0.15, 0.2) is 66.7 Å². The van der Waals surface area contributed by atoms with Gasteiger partial charge in [-0.25, -0.2) is 9.78 Å². The first-order chi connectivity index (χ1) is 16.2. The van der Waals surface area contributed by atoms with Crippen LogP contribution < -0.4 is 5.32 Å². The molecule has 0 aliphatic heterocycles. The van der Waals surface area contributed by atoms with Crippen LogP contribution in [0.3, 0.4) is 0 Å². The summed E-state index contributed by atoms with van der Waals surface area (Å²) in [5, 5.41) is 4.47. The first kappa shape index (κ1) is 24.3. The summed E-state index contributed by atoms with van der Waals surface area (Å²) >= 11 is 24.0. The largest absolute Gasteiger partial charge is 0.449 e. The van der Waals surface area contributed by atoms with E-state index in [2.05, 4.69) is 10.3 Å². The van der Waals surface area contributed by atoms with Gasteiger partial charge in [0.25, 0.3) is 5.91 Å². The minimum atomic E-state index is -1.12. The van der Waals surface area contributed by atoms with Gasteiger partial charge in [0.2, 0.25) is 0 Å². The number of rotatable bonds is 5. The van der Waals surface area contributed by atoms with Crippen LogP contribution in [-0.2, 0) is 9.53 Å². The highest BCUT2D eigenvalue weighted by molar-refractivity contribution is 6.44. The van der Waals surface area contributed by atoms with Crippen molar-refractivity contribution in [1.82, 2.24) is 4.98 Å². The number of hydrogen-bond acceptors (Lipinski definition) is 4. The Kier molecular flexibility index (Phi) is 7.29. The lowest BCUT2D eigenvalue weighted by Gasteiger charge is -2.16. The van der Waals surface area contributed by atoms with Gasteiger partial charge in [-0.2, -0.15) is 0 Å². The van der Waals surface area contributed by atoms with Crippen molar-refractivity contribution in [3.8, 4) is 11.3 Å². The van der Waals surface area contributed by atoms with Gasteiger partial charge in [0.1, 0.15) is 0 Å². The fourth-order valence-corrected chi connectivity index (χ4v) is 3.96. The normalized spacial score (nSPS) is 11.8. The van der Waals surface area contributed by atoms with Gasteiger partial charge in [0.15, 0.2) is 6.10 Å². The third-order valence-corrected chi connectivity index (χ3v) is 6.28. The van der Waals surface area contributed by atoms with E-state index in [1.807, 2.05) is 18.2 Å². The van der Waals surface area contributed by atoms with E-state index in [4.69, 9.17) is 51.1 Å². The topological polar surface area (TPSA) is 68.3 Å². The summed E-state index contributed by atoms with van der Waals surface area (Å²) in [6, 6.07) is 18.8. The van der Waals surface area contributed by atoms with Gasteiger partial charge in [-0.1, -0.05) is 76.7 Å². The minimum absolute atomic E-state index is 0.203. The monoisotopic (exact) mass is 532 g/mol. The third kappa shape index (κ3) is 5.29. The predicted molar refractivity (Wildman–Crippen MR) is 137 cm³/mol. The number of nitrogens with zero attached hydrogens (tertiary/aromatic N) is 1. The molecule has 1 N–H and O–H groups in total. The molecule has 0 saturated carbocycles. The van der Waals surface area contributed by atoms with Crippen molar-refractivity contribution in [1.29, 1.82) is 0 Å². The molecule has 5 nitrogen and oxygen atoms in total. The van der Waals surface area contributed by atoms with E-state index >= 15 is 0 Å². The number of halogens is 4. The van der Waals surface area contributed by atoms with Crippen LogP contribution in [0.25, 0.3) is 22.2 Å². The number of hydrogen-bond donors (Lipinski definition) is 1. The summed E-state index contributed by atoms with van der Waals surface area (Å²) in [4.78, 5) is 30.4. The predicted octanol–water partition coefficient (Wildman–Crippen LogP) is 7.70. The fraction of sp³-hybridized carbons (Fsp3) is 0.0800. The molecule has 0 fully saturated rings. The molecular weight excluding hydrogens is 518 g/mol. The van der Waals surface area contributed by atoms with Crippen LogP contribution >= 0.6 is 46.4 Å². The Morgan fingerprint density at radius 2 is 1.56 bits per heavy atom. The Hall–Kier alpha value is -2.83. The first-order valence-corrected chi connectivity index (χ1v) is 11.6. The number of carbonyl (C=O) groups excluding carboxylic acids is 2. The molecule has 0 spiro atoms. The minimum Gasteiger partial charge on any atom is -0.449 e. The van der Waals surface area contributed by atoms with Crippen molar-refractivity contribution in [2.45, 2.75) is 13.0 Å². The number of esters is 1. The van der Waals surface area contributed by atoms with Gasteiger partial charge >= 0.3 is 5.97 Å². The molecule has 0 aliphatic rings. The molecule has 9 heteroatoms. The third-order valence-electron chi connectivity index (χ3n) is 5.00. The number of anilines is 1. The quantitative estimate of drug-likeness (QED) is 0.211. The number of nitrogens with one attached hydrogen (secondary N) is 1. The summed E-state index contributed by atoms with van der Waals surface area (Å²) in [7, 11) is 0. The van der Waals surface area contributed by atoms with Crippen LogP contribution in [0, 0.1) is 0 Å². The molecule has 0 aliphatic carbocycles. The fourth-order valence-electron chi connectivity index (χ4n) is 3.24. The second kappa shape index (κ2) is 10.2. The summed E-state index contributed by atoms with van der Waals surface area (Å²) in [5.41, 5.74) is 2.50. The van der Waals surface area contributed by atoms with Crippen molar-refractivity contribution in [3.05, 3.63) is 92.4 Å². The highest BCUT2D eigenvalue weighted by Gasteiger charge is 2.22. The highest BCUT2D eigenvalue weighted by Crippen LogP contribution is 2.32. The van der Waals surface area contributed by atoms with Crippen molar-refractivity contribution >= 4 is 74.9 Å². The number of amides is 1. The molecule has 1 unspecified atom stereocenters. The number of pyridine rings is 1. The molecule has 4 aromatic rings. The average Bonchev–Trinajstić information content (AvgIpc) is 2.82. The van der Waals surface area contributed by atoms with E-state index in [0.717, 1.165) is 5.56 Å².